The third kappa shape index (κ3) is 3.27. The molecule has 0 N–H and O–H groups in total. The monoisotopic (exact) mass is 355 g/mol. The molecular formula is C15H18ClN3O3S. The lowest BCUT2D eigenvalue weighted by molar-refractivity contribution is -0.134. The number of carbonyl (C=O) groups excluding carboxylic acids is 1. The number of thiophene rings is 1. The fraction of sp³-hybridized carbons (Fsp3) is 0.533. The first-order valence-corrected chi connectivity index (χ1v) is 8.57. The third-order valence-electron chi connectivity index (χ3n) is 4.10. The number of hydrogen-bond acceptors (Lipinski definition) is 6. The minimum Gasteiger partial charge on any atom is -0.423 e. The maximum absolute atomic E-state index is 13.0. The summed E-state index contributed by atoms with van der Waals surface area (Å²) in [7, 11) is 1.65. The SMILES string of the molecule is CO[C@H]1C[C@H](c2nnc(C)o2)N(C(=O)C(C)c2ccc(Cl)s2)C1. The van der Waals surface area contributed by atoms with Crippen molar-refractivity contribution in [2.75, 3.05) is 13.7 Å². The molecule has 0 radical (unpaired) electrons. The Labute approximate surface area is 143 Å². The molecule has 1 fully saturated rings. The first kappa shape index (κ1) is 16.4. The maximum atomic E-state index is 13.0. The van der Waals surface area contributed by atoms with Gasteiger partial charge in [0.05, 0.1) is 16.4 Å². The van der Waals surface area contributed by atoms with Gasteiger partial charge in [-0.05, 0) is 19.1 Å². The van der Waals surface area contributed by atoms with E-state index in [0.717, 1.165) is 4.88 Å². The number of methoxy groups -OCH3 is 1. The van der Waals surface area contributed by atoms with E-state index >= 15 is 0 Å². The lowest BCUT2D eigenvalue weighted by atomic mass is 10.1. The van der Waals surface area contributed by atoms with E-state index < -0.39 is 0 Å². The number of aryl methyl sites for hydroxylation is 1. The number of ether oxygens (including phenoxy) is 1. The van der Waals surface area contributed by atoms with Gasteiger partial charge in [-0.25, -0.2) is 0 Å². The number of hydrogen-bond donors (Lipinski definition) is 0. The quantitative estimate of drug-likeness (QED) is 0.842. The Morgan fingerprint density at radius 1 is 1.52 bits per heavy atom. The molecule has 0 bridgehead atoms. The van der Waals surface area contributed by atoms with Gasteiger partial charge in [0.1, 0.15) is 6.04 Å². The van der Waals surface area contributed by atoms with Gasteiger partial charge >= 0.3 is 0 Å². The first-order chi connectivity index (χ1) is 11.0. The van der Waals surface area contributed by atoms with Crippen molar-refractivity contribution in [1.29, 1.82) is 0 Å². The van der Waals surface area contributed by atoms with Gasteiger partial charge in [0.25, 0.3) is 0 Å². The summed E-state index contributed by atoms with van der Waals surface area (Å²) in [5.41, 5.74) is 0. The molecule has 0 aromatic carbocycles. The first-order valence-electron chi connectivity index (χ1n) is 7.38. The fourth-order valence-electron chi connectivity index (χ4n) is 2.82. The number of carbonyl (C=O) groups is 1. The number of aromatic nitrogens is 2. The summed E-state index contributed by atoms with van der Waals surface area (Å²) in [4.78, 5) is 15.7. The Hall–Kier alpha value is -1.44. The predicted molar refractivity (Wildman–Crippen MR) is 86.6 cm³/mol. The molecule has 1 aliphatic heterocycles. The van der Waals surface area contributed by atoms with Crippen LogP contribution in [-0.2, 0) is 9.53 Å². The molecule has 0 aliphatic carbocycles. The van der Waals surface area contributed by atoms with Crippen LogP contribution in [0, 0.1) is 6.92 Å². The molecule has 6 nitrogen and oxygen atoms in total. The van der Waals surface area contributed by atoms with Crippen LogP contribution in [0.4, 0.5) is 0 Å². The van der Waals surface area contributed by atoms with Crippen molar-refractivity contribution >= 4 is 28.8 Å². The van der Waals surface area contributed by atoms with Crippen molar-refractivity contribution in [3.63, 3.8) is 0 Å². The summed E-state index contributed by atoms with van der Waals surface area (Å²) >= 11 is 7.41. The highest BCUT2D eigenvalue weighted by atomic mass is 35.5. The Kier molecular flexibility index (Phi) is 4.70. The van der Waals surface area contributed by atoms with Crippen LogP contribution in [0.3, 0.4) is 0 Å². The molecule has 0 saturated carbocycles. The van der Waals surface area contributed by atoms with Crippen molar-refractivity contribution in [3.8, 4) is 0 Å². The fourth-order valence-corrected chi connectivity index (χ4v) is 3.93. The average Bonchev–Trinajstić information content (AvgIpc) is 3.24. The number of likely N-dealkylation sites (tertiary alicyclic amines) is 1. The zero-order chi connectivity index (χ0) is 16.6. The Bertz CT molecular complexity index is 702. The zero-order valence-electron chi connectivity index (χ0n) is 13.2. The van der Waals surface area contributed by atoms with Crippen LogP contribution in [0.25, 0.3) is 0 Å². The molecule has 1 aliphatic rings. The molecular weight excluding hydrogens is 338 g/mol. The summed E-state index contributed by atoms with van der Waals surface area (Å²) < 4.78 is 11.7. The number of amides is 1. The Balaban J connectivity index is 1.84. The van der Waals surface area contributed by atoms with E-state index in [4.69, 9.17) is 20.8 Å². The van der Waals surface area contributed by atoms with Crippen LogP contribution in [0.15, 0.2) is 16.5 Å². The highest BCUT2D eigenvalue weighted by Crippen LogP contribution is 2.36. The number of nitrogens with zero attached hydrogens (tertiary/aromatic N) is 3. The van der Waals surface area contributed by atoms with Gasteiger partial charge in [0, 0.05) is 31.9 Å². The molecule has 1 saturated heterocycles. The Morgan fingerprint density at radius 3 is 2.87 bits per heavy atom. The van der Waals surface area contributed by atoms with E-state index in [-0.39, 0.29) is 24.0 Å². The van der Waals surface area contributed by atoms with Gasteiger partial charge < -0.3 is 14.1 Å². The van der Waals surface area contributed by atoms with Crippen LogP contribution in [0.2, 0.25) is 4.34 Å². The summed E-state index contributed by atoms with van der Waals surface area (Å²) in [5.74, 6) is 0.705. The smallest absolute Gasteiger partial charge is 0.239 e. The van der Waals surface area contributed by atoms with Gasteiger partial charge in [-0.1, -0.05) is 11.6 Å². The second-order valence-corrected chi connectivity index (χ2v) is 7.37. The van der Waals surface area contributed by atoms with Crippen molar-refractivity contribution in [3.05, 3.63) is 33.1 Å². The Morgan fingerprint density at radius 2 is 2.30 bits per heavy atom. The molecule has 23 heavy (non-hydrogen) atoms. The van der Waals surface area contributed by atoms with Crippen molar-refractivity contribution in [1.82, 2.24) is 15.1 Å². The molecule has 2 aromatic heterocycles. The second-order valence-electron chi connectivity index (χ2n) is 5.62. The third-order valence-corrected chi connectivity index (χ3v) is 5.51. The minimum atomic E-state index is -0.269. The van der Waals surface area contributed by atoms with Gasteiger partial charge in [-0.3, -0.25) is 4.79 Å². The molecule has 0 spiro atoms. The standard InChI is InChI=1S/C15H18ClN3O3S/c1-8(12-4-5-13(16)23-12)15(20)19-7-10(21-3)6-11(19)14-18-17-9(2)22-14/h4-5,8,10-11H,6-7H2,1-3H3/t8?,10-,11+/m0/s1. The van der Waals surface area contributed by atoms with Gasteiger partial charge in [-0.15, -0.1) is 21.5 Å². The zero-order valence-corrected chi connectivity index (χ0v) is 14.7. The average molecular weight is 356 g/mol. The van der Waals surface area contributed by atoms with Crippen LogP contribution in [0.5, 0.6) is 0 Å². The van der Waals surface area contributed by atoms with Crippen molar-refractivity contribution in [2.45, 2.75) is 38.3 Å². The van der Waals surface area contributed by atoms with Gasteiger partial charge in [-0.2, -0.15) is 0 Å². The van der Waals surface area contributed by atoms with Crippen LogP contribution >= 0.6 is 22.9 Å². The highest BCUT2D eigenvalue weighted by molar-refractivity contribution is 7.16. The second kappa shape index (κ2) is 6.59. The van der Waals surface area contributed by atoms with Gasteiger partial charge in [0.15, 0.2) is 0 Å². The number of halogens is 1. The van der Waals surface area contributed by atoms with Gasteiger partial charge in [0.2, 0.25) is 17.7 Å². The summed E-state index contributed by atoms with van der Waals surface area (Å²) in [6, 6.07) is 3.46. The highest BCUT2D eigenvalue weighted by Gasteiger charge is 2.41. The molecule has 1 amide bonds. The molecule has 2 aromatic rings. The molecule has 3 atom stereocenters. The van der Waals surface area contributed by atoms with E-state index in [1.54, 1.807) is 18.9 Å². The molecule has 124 valence electrons. The van der Waals surface area contributed by atoms with E-state index in [1.807, 2.05) is 19.1 Å². The maximum Gasteiger partial charge on any atom is 0.239 e. The molecule has 3 heterocycles. The lowest BCUT2D eigenvalue weighted by Crippen LogP contribution is -2.35. The summed E-state index contributed by atoms with van der Waals surface area (Å²) in [5, 5.41) is 7.95. The van der Waals surface area contributed by atoms with E-state index in [0.29, 0.717) is 29.1 Å². The van der Waals surface area contributed by atoms with Crippen LogP contribution in [-0.4, -0.2) is 40.8 Å². The minimum absolute atomic E-state index is 0.0175. The summed E-state index contributed by atoms with van der Waals surface area (Å²) in [6.07, 6.45) is 0.622. The van der Waals surface area contributed by atoms with E-state index in [2.05, 4.69) is 10.2 Å². The molecule has 3 rings (SSSR count). The normalized spacial score (nSPS) is 22.5. The molecule has 8 heteroatoms. The largest absolute Gasteiger partial charge is 0.423 e. The van der Waals surface area contributed by atoms with E-state index in [1.165, 1.54) is 11.3 Å². The van der Waals surface area contributed by atoms with Crippen LogP contribution < -0.4 is 0 Å². The summed E-state index contributed by atoms with van der Waals surface area (Å²) in [6.45, 7) is 4.15. The lowest BCUT2D eigenvalue weighted by Gasteiger charge is -2.24. The van der Waals surface area contributed by atoms with Crippen molar-refractivity contribution < 1.29 is 13.9 Å². The topological polar surface area (TPSA) is 68.5 Å². The number of rotatable bonds is 4. The predicted octanol–water partition coefficient (Wildman–Crippen LogP) is 3.19. The van der Waals surface area contributed by atoms with E-state index in [9.17, 15) is 4.79 Å². The molecule has 1 unspecified atom stereocenters. The van der Waals surface area contributed by atoms with Crippen molar-refractivity contribution in [2.24, 2.45) is 0 Å². The van der Waals surface area contributed by atoms with Crippen LogP contribution in [0.1, 0.15) is 42.0 Å².